The van der Waals surface area contributed by atoms with E-state index in [1.54, 1.807) is 0 Å². The highest BCUT2D eigenvalue weighted by Gasteiger charge is 2.32. The highest BCUT2D eigenvalue weighted by atomic mass is 16.5. The van der Waals surface area contributed by atoms with E-state index in [1.807, 2.05) is 0 Å². The van der Waals surface area contributed by atoms with Crippen LogP contribution in [0.25, 0.3) is 0 Å². The Kier molecular flexibility index (Phi) is 4.59. The zero-order chi connectivity index (χ0) is 13.0. The van der Waals surface area contributed by atoms with Gasteiger partial charge in [0.1, 0.15) is 0 Å². The van der Waals surface area contributed by atoms with Crippen LogP contribution in [0, 0.1) is 5.92 Å². The molecule has 5 nitrogen and oxygen atoms in total. The van der Waals surface area contributed by atoms with Crippen LogP contribution in [0.5, 0.6) is 0 Å². The van der Waals surface area contributed by atoms with Gasteiger partial charge in [0.2, 0.25) is 5.91 Å². The summed E-state index contributed by atoms with van der Waals surface area (Å²) in [6.07, 6.45) is 2.98. The minimum Gasteiger partial charge on any atom is -0.388 e. The molecule has 2 heterocycles. The Morgan fingerprint density at radius 1 is 1.50 bits per heavy atom. The van der Waals surface area contributed by atoms with Gasteiger partial charge >= 0.3 is 0 Å². The van der Waals surface area contributed by atoms with Gasteiger partial charge < -0.3 is 20.5 Å². The van der Waals surface area contributed by atoms with E-state index in [-0.39, 0.29) is 11.8 Å². The number of ether oxygens (including phenoxy) is 1. The molecule has 0 spiro atoms. The lowest BCUT2D eigenvalue weighted by atomic mass is 9.91. The Morgan fingerprint density at radius 2 is 2.22 bits per heavy atom. The first kappa shape index (κ1) is 13.8. The Bertz CT molecular complexity index is 290. The molecule has 2 atom stereocenters. The summed E-state index contributed by atoms with van der Waals surface area (Å²) in [4.78, 5) is 12.0. The molecule has 2 rings (SSSR count). The van der Waals surface area contributed by atoms with Gasteiger partial charge in [0, 0.05) is 44.6 Å². The zero-order valence-corrected chi connectivity index (χ0v) is 11.1. The van der Waals surface area contributed by atoms with Crippen molar-refractivity contribution in [2.24, 2.45) is 5.92 Å². The van der Waals surface area contributed by atoms with Crippen LogP contribution in [-0.2, 0) is 9.53 Å². The summed E-state index contributed by atoms with van der Waals surface area (Å²) in [5.74, 6) is 0.174. The van der Waals surface area contributed by atoms with Crippen LogP contribution in [0.1, 0.15) is 32.6 Å². The van der Waals surface area contributed by atoms with Crippen LogP contribution in [0.4, 0.5) is 0 Å². The Morgan fingerprint density at radius 3 is 2.89 bits per heavy atom. The normalized spacial score (nSPS) is 31.9. The molecule has 18 heavy (non-hydrogen) atoms. The fourth-order valence-electron chi connectivity index (χ4n) is 2.69. The molecule has 0 aliphatic carbocycles. The molecule has 2 aliphatic heterocycles. The molecular weight excluding hydrogens is 232 g/mol. The number of nitrogens with one attached hydrogen (secondary N) is 2. The van der Waals surface area contributed by atoms with Gasteiger partial charge in [-0.2, -0.15) is 0 Å². The highest BCUT2D eigenvalue weighted by molar-refractivity contribution is 5.78. The van der Waals surface area contributed by atoms with Crippen molar-refractivity contribution in [2.45, 2.75) is 44.2 Å². The van der Waals surface area contributed by atoms with Crippen LogP contribution in [0.15, 0.2) is 0 Å². The van der Waals surface area contributed by atoms with Crippen molar-refractivity contribution >= 4 is 5.91 Å². The number of carbonyl (C=O) groups is 1. The van der Waals surface area contributed by atoms with E-state index < -0.39 is 5.60 Å². The average Bonchev–Trinajstić information content (AvgIpc) is 2.37. The van der Waals surface area contributed by atoms with Crippen LogP contribution in [0.3, 0.4) is 0 Å². The van der Waals surface area contributed by atoms with Crippen molar-refractivity contribution in [3.8, 4) is 0 Å². The lowest BCUT2D eigenvalue weighted by Gasteiger charge is -2.33. The average molecular weight is 256 g/mol. The Hall–Kier alpha value is -0.650. The minimum absolute atomic E-state index is 0.0864. The molecule has 2 aliphatic rings. The molecule has 5 heteroatoms. The second-order valence-electron chi connectivity index (χ2n) is 5.63. The van der Waals surface area contributed by atoms with Crippen LogP contribution in [0.2, 0.25) is 0 Å². The maximum atomic E-state index is 12.0. The minimum atomic E-state index is -0.771. The van der Waals surface area contributed by atoms with E-state index in [0.717, 1.165) is 19.4 Å². The maximum absolute atomic E-state index is 12.0. The summed E-state index contributed by atoms with van der Waals surface area (Å²) in [7, 11) is 0. The van der Waals surface area contributed by atoms with Crippen molar-refractivity contribution in [1.82, 2.24) is 10.6 Å². The molecule has 0 aromatic rings. The first-order valence-electron chi connectivity index (χ1n) is 6.90. The Balaban J connectivity index is 1.76. The van der Waals surface area contributed by atoms with Gasteiger partial charge in [-0.15, -0.1) is 0 Å². The third kappa shape index (κ3) is 3.67. The first-order valence-corrected chi connectivity index (χ1v) is 6.90. The molecule has 1 amide bonds. The molecule has 0 bridgehead atoms. The smallest absolute Gasteiger partial charge is 0.223 e. The number of amides is 1. The van der Waals surface area contributed by atoms with Gasteiger partial charge in [-0.25, -0.2) is 0 Å². The summed E-state index contributed by atoms with van der Waals surface area (Å²) in [6, 6.07) is 0.403. The van der Waals surface area contributed by atoms with Gasteiger partial charge in [-0.3, -0.25) is 4.79 Å². The molecule has 0 radical (unpaired) electrons. The summed E-state index contributed by atoms with van der Waals surface area (Å²) < 4.78 is 5.22. The zero-order valence-electron chi connectivity index (χ0n) is 11.1. The van der Waals surface area contributed by atoms with Crippen LogP contribution < -0.4 is 10.6 Å². The lowest BCUT2D eigenvalue weighted by Crippen LogP contribution is -2.49. The molecule has 0 saturated carbocycles. The molecule has 2 fully saturated rings. The molecule has 0 aromatic carbocycles. The van der Waals surface area contributed by atoms with E-state index >= 15 is 0 Å². The van der Waals surface area contributed by atoms with Crippen LogP contribution in [-0.4, -0.2) is 49.0 Å². The first-order chi connectivity index (χ1) is 8.59. The van der Waals surface area contributed by atoms with Gasteiger partial charge in [0.15, 0.2) is 0 Å². The molecule has 2 saturated heterocycles. The van der Waals surface area contributed by atoms with Gasteiger partial charge in [-0.05, 0) is 26.3 Å². The topological polar surface area (TPSA) is 70.6 Å². The quantitative estimate of drug-likeness (QED) is 0.666. The van der Waals surface area contributed by atoms with E-state index in [2.05, 4.69) is 17.6 Å². The third-order valence-electron chi connectivity index (χ3n) is 4.01. The number of piperidine rings is 1. The SMILES string of the molecule is CC1CC(C(=O)NCC2(O)CCOCC2)CCN1. The van der Waals surface area contributed by atoms with Gasteiger partial charge in [-0.1, -0.05) is 0 Å². The monoisotopic (exact) mass is 256 g/mol. The highest BCUT2D eigenvalue weighted by Crippen LogP contribution is 2.20. The Labute approximate surface area is 108 Å². The fraction of sp³-hybridized carbons (Fsp3) is 0.923. The van der Waals surface area contributed by atoms with E-state index in [4.69, 9.17) is 4.74 Å². The second kappa shape index (κ2) is 5.99. The van der Waals surface area contributed by atoms with Gasteiger partial charge in [0.05, 0.1) is 5.60 Å². The van der Waals surface area contributed by atoms with Crippen molar-refractivity contribution < 1.29 is 14.6 Å². The van der Waals surface area contributed by atoms with Gasteiger partial charge in [0.25, 0.3) is 0 Å². The maximum Gasteiger partial charge on any atom is 0.223 e. The van der Waals surface area contributed by atoms with Crippen LogP contribution >= 0.6 is 0 Å². The molecular formula is C13H24N2O3. The molecule has 0 aromatic heterocycles. The molecule has 2 unspecified atom stereocenters. The predicted molar refractivity (Wildman–Crippen MR) is 68.2 cm³/mol. The summed E-state index contributed by atoms with van der Waals surface area (Å²) in [5.41, 5.74) is -0.771. The number of rotatable bonds is 3. The number of hydrogen-bond acceptors (Lipinski definition) is 4. The van der Waals surface area contributed by atoms with Crippen molar-refractivity contribution in [1.29, 1.82) is 0 Å². The standard InChI is InChI=1S/C13H24N2O3/c1-10-8-11(2-5-14-10)12(16)15-9-13(17)3-6-18-7-4-13/h10-11,14,17H,2-9H2,1H3,(H,15,16). The molecule has 104 valence electrons. The summed E-state index contributed by atoms with van der Waals surface area (Å²) in [6.45, 7) is 4.52. The number of hydrogen-bond donors (Lipinski definition) is 3. The predicted octanol–water partition coefficient (Wildman–Crippen LogP) is 0.0322. The van der Waals surface area contributed by atoms with E-state index in [9.17, 15) is 9.90 Å². The lowest BCUT2D eigenvalue weighted by molar-refractivity contribution is -0.128. The third-order valence-corrected chi connectivity index (χ3v) is 4.01. The fourth-order valence-corrected chi connectivity index (χ4v) is 2.69. The summed E-state index contributed by atoms with van der Waals surface area (Å²) in [5, 5.41) is 16.5. The largest absolute Gasteiger partial charge is 0.388 e. The van der Waals surface area contributed by atoms with E-state index in [0.29, 0.717) is 38.6 Å². The second-order valence-corrected chi connectivity index (χ2v) is 5.63. The summed E-state index contributed by atoms with van der Waals surface area (Å²) >= 11 is 0. The van der Waals surface area contributed by atoms with Crippen molar-refractivity contribution in [2.75, 3.05) is 26.3 Å². The number of carbonyl (C=O) groups excluding carboxylic acids is 1. The molecule has 3 N–H and O–H groups in total. The van der Waals surface area contributed by atoms with E-state index in [1.165, 1.54) is 0 Å². The van der Waals surface area contributed by atoms with Crippen molar-refractivity contribution in [3.05, 3.63) is 0 Å². The number of aliphatic hydroxyl groups is 1. The van der Waals surface area contributed by atoms with Crippen molar-refractivity contribution in [3.63, 3.8) is 0 Å².